The van der Waals surface area contributed by atoms with Gasteiger partial charge in [0.05, 0.1) is 0 Å². The summed E-state index contributed by atoms with van der Waals surface area (Å²) < 4.78 is 76.2. The Balaban J connectivity index is 5.20. The average molecular weight is 262 g/mol. The topological polar surface area (TPSA) is 58.9 Å². The molecule has 0 aromatic rings. The van der Waals surface area contributed by atoms with Crippen LogP contribution in [0, 0.1) is 0 Å². The van der Waals surface area contributed by atoms with Gasteiger partial charge in [0.1, 0.15) is 13.1 Å². The fourth-order valence-corrected chi connectivity index (χ4v) is 0.729. The molecule has 0 rings (SSSR count). The molecular weight excluding hydrogens is 258 g/mol. The highest BCUT2D eigenvalue weighted by Gasteiger charge is 2.71. The Morgan fingerprint density at radius 2 is 1.06 bits per heavy atom. The zero-order valence-electron chi connectivity index (χ0n) is 7.89. The first-order valence-electron chi connectivity index (χ1n) is 3.83. The zero-order valence-corrected chi connectivity index (χ0v) is 7.89. The minimum atomic E-state index is -5.82. The molecule has 0 fully saturated rings. The second kappa shape index (κ2) is 5.11. The maximum atomic E-state index is 12.7. The zero-order chi connectivity index (χ0) is 13.7. The van der Waals surface area contributed by atoms with Gasteiger partial charge >= 0.3 is 17.8 Å². The Labute approximate surface area is 90.0 Å². The maximum Gasteiger partial charge on any atom is 0.375 e. The first kappa shape index (κ1) is 15.3. The highest BCUT2D eigenvalue weighted by molar-refractivity contribution is 5.33. The molecule has 0 atom stereocenters. The average Bonchev–Trinajstić information content (AvgIpc) is 2.23. The summed E-state index contributed by atoms with van der Waals surface area (Å²) in [6.45, 7) is -4.30. The molecule has 0 aromatic heterocycles. The maximum absolute atomic E-state index is 12.7. The third-order valence-corrected chi connectivity index (χ3v) is 1.60. The summed E-state index contributed by atoms with van der Waals surface area (Å²) in [6, 6.07) is 0. The normalized spacial score (nSPS) is 12.6. The van der Waals surface area contributed by atoms with Gasteiger partial charge in [0.25, 0.3) is 0 Å². The van der Waals surface area contributed by atoms with Gasteiger partial charge in [-0.25, -0.2) is 9.59 Å². The molecule has 0 unspecified atom stereocenters. The quantitative estimate of drug-likeness (QED) is 0.414. The second-order valence-corrected chi connectivity index (χ2v) is 2.80. The van der Waals surface area contributed by atoms with Gasteiger partial charge < -0.3 is 0 Å². The van der Waals surface area contributed by atoms with Crippen molar-refractivity contribution in [2.24, 2.45) is 9.98 Å². The van der Waals surface area contributed by atoms with E-state index in [4.69, 9.17) is 0 Å². The summed E-state index contributed by atoms with van der Waals surface area (Å²) in [7, 11) is 0. The van der Waals surface area contributed by atoms with Crippen molar-refractivity contribution in [3.63, 3.8) is 0 Å². The summed E-state index contributed by atoms with van der Waals surface area (Å²) >= 11 is 0. The predicted molar refractivity (Wildman–Crippen MR) is 40.8 cm³/mol. The number of aliphatic imine (C=N–C) groups is 2. The molecule has 0 bridgehead atoms. The standard InChI is InChI=1S/C7H4F6N2O2/c8-5(9,1-14-3-16)7(12,13)6(10,11)2-15-4-17/h1-2H2. The van der Waals surface area contributed by atoms with Gasteiger partial charge in [0.2, 0.25) is 12.2 Å². The van der Waals surface area contributed by atoms with Gasteiger partial charge in [-0.15, -0.1) is 0 Å². The number of nitrogens with zero attached hydrogens (tertiary/aromatic N) is 2. The fraction of sp³-hybridized carbons (Fsp3) is 0.714. The van der Waals surface area contributed by atoms with E-state index in [0.29, 0.717) is 12.2 Å². The van der Waals surface area contributed by atoms with Crippen molar-refractivity contribution in [1.82, 2.24) is 0 Å². The summed E-state index contributed by atoms with van der Waals surface area (Å²) in [6.07, 6.45) is 1.04. The SMILES string of the molecule is O=C=NCC(F)(F)C(F)(F)C(F)(F)CN=C=O. The van der Waals surface area contributed by atoms with Gasteiger partial charge in [0, 0.05) is 0 Å². The predicted octanol–water partition coefficient (Wildman–Crippen LogP) is 1.56. The molecule has 0 radical (unpaired) electrons. The number of hydrogen-bond acceptors (Lipinski definition) is 4. The molecule has 0 heterocycles. The van der Waals surface area contributed by atoms with Crippen LogP contribution in [0.1, 0.15) is 0 Å². The second-order valence-electron chi connectivity index (χ2n) is 2.80. The van der Waals surface area contributed by atoms with Crippen molar-refractivity contribution in [2.45, 2.75) is 17.8 Å². The van der Waals surface area contributed by atoms with Crippen molar-refractivity contribution in [3.8, 4) is 0 Å². The number of isocyanates is 2. The number of halogens is 6. The Morgan fingerprint density at radius 1 is 0.765 bits per heavy atom. The molecule has 4 nitrogen and oxygen atoms in total. The molecule has 0 spiro atoms. The van der Waals surface area contributed by atoms with E-state index in [9.17, 15) is 35.9 Å². The van der Waals surface area contributed by atoms with Gasteiger partial charge in [-0.3, -0.25) is 0 Å². The van der Waals surface area contributed by atoms with Crippen LogP contribution in [0.15, 0.2) is 9.98 Å². The van der Waals surface area contributed by atoms with Gasteiger partial charge in [-0.05, 0) is 0 Å². The molecule has 0 saturated carbocycles. The highest BCUT2D eigenvalue weighted by Crippen LogP contribution is 2.45. The molecular formula is C7H4F6N2O2. The van der Waals surface area contributed by atoms with Gasteiger partial charge in [0.15, 0.2) is 0 Å². The van der Waals surface area contributed by atoms with E-state index < -0.39 is 30.9 Å². The molecule has 0 aliphatic rings. The smallest absolute Gasteiger partial charge is 0.211 e. The van der Waals surface area contributed by atoms with E-state index in [1.807, 2.05) is 0 Å². The number of rotatable bonds is 6. The molecule has 0 aliphatic heterocycles. The van der Waals surface area contributed by atoms with E-state index in [1.54, 1.807) is 0 Å². The van der Waals surface area contributed by atoms with Crippen LogP contribution in [0.2, 0.25) is 0 Å². The Bertz CT molecular complexity index is 337. The summed E-state index contributed by atoms with van der Waals surface area (Å²) in [5.41, 5.74) is 0. The van der Waals surface area contributed by atoms with Crippen molar-refractivity contribution >= 4 is 12.2 Å². The van der Waals surface area contributed by atoms with Crippen molar-refractivity contribution < 1.29 is 35.9 Å². The molecule has 0 saturated heterocycles. The van der Waals surface area contributed by atoms with Crippen LogP contribution in [-0.2, 0) is 9.59 Å². The van der Waals surface area contributed by atoms with Crippen molar-refractivity contribution in [1.29, 1.82) is 0 Å². The third-order valence-electron chi connectivity index (χ3n) is 1.60. The summed E-state index contributed by atoms with van der Waals surface area (Å²) in [4.78, 5) is 23.2. The van der Waals surface area contributed by atoms with E-state index >= 15 is 0 Å². The summed E-state index contributed by atoms with van der Waals surface area (Å²) in [5.74, 6) is -16.4. The largest absolute Gasteiger partial charge is 0.375 e. The van der Waals surface area contributed by atoms with Crippen LogP contribution in [0.3, 0.4) is 0 Å². The van der Waals surface area contributed by atoms with Crippen LogP contribution in [0.5, 0.6) is 0 Å². The molecule has 0 aliphatic carbocycles. The Hall–Kier alpha value is -1.66. The van der Waals surface area contributed by atoms with Crippen LogP contribution in [0.25, 0.3) is 0 Å². The molecule has 10 heteroatoms. The molecule has 96 valence electrons. The van der Waals surface area contributed by atoms with Crippen LogP contribution in [-0.4, -0.2) is 43.0 Å². The minimum Gasteiger partial charge on any atom is -0.211 e. The molecule has 17 heavy (non-hydrogen) atoms. The lowest BCUT2D eigenvalue weighted by atomic mass is 10.0. The van der Waals surface area contributed by atoms with Gasteiger partial charge in [-0.2, -0.15) is 36.3 Å². The van der Waals surface area contributed by atoms with Crippen LogP contribution in [0.4, 0.5) is 26.3 Å². The van der Waals surface area contributed by atoms with Crippen molar-refractivity contribution in [3.05, 3.63) is 0 Å². The third kappa shape index (κ3) is 3.15. The number of carbonyl (C=O) groups excluding carboxylic acids is 2. The highest BCUT2D eigenvalue weighted by atomic mass is 19.3. The lowest BCUT2D eigenvalue weighted by Gasteiger charge is -2.30. The first-order chi connectivity index (χ1) is 7.62. The fourth-order valence-electron chi connectivity index (χ4n) is 0.729. The van der Waals surface area contributed by atoms with Crippen LogP contribution < -0.4 is 0 Å². The number of hydrogen-bond donors (Lipinski definition) is 0. The molecule has 0 aromatic carbocycles. The Morgan fingerprint density at radius 3 is 1.29 bits per heavy atom. The molecule has 0 N–H and O–H groups in total. The minimum absolute atomic E-state index is 0.522. The van der Waals surface area contributed by atoms with Crippen molar-refractivity contribution in [2.75, 3.05) is 13.1 Å². The lowest BCUT2D eigenvalue weighted by Crippen LogP contribution is -2.56. The number of alkyl halides is 6. The lowest BCUT2D eigenvalue weighted by molar-refractivity contribution is -0.300. The van der Waals surface area contributed by atoms with E-state index in [0.717, 1.165) is 0 Å². The van der Waals surface area contributed by atoms with E-state index in [1.165, 1.54) is 0 Å². The van der Waals surface area contributed by atoms with E-state index in [2.05, 4.69) is 9.98 Å². The molecule has 0 amide bonds. The monoisotopic (exact) mass is 262 g/mol. The summed E-state index contributed by atoms with van der Waals surface area (Å²) in [5, 5.41) is 0. The van der Waals surface area contributed by atoms with Gasteiger partial charge in [-0.1, -0.05) is 0 Å². The Kier molecular flexibility index (Phi) is 4.61. The van der Waals surface area contributed by atoms with Crippen LogP contribution >= 0.6 is 0 Å². The first-order valence-corrected chi connectivity index (χ1v) is 3.83. The van der Waals surface area contributed by atoms with E-state index in [-0.39, 0.29) is 0 Å².